The predicted molar refractivity (Wildman–Crippen MR) is 57.6 cm³/mol. The molecule has 5 heteroatoms. The molecule has 0 aliphatic heterocycles. The molecule has 1 aromatic heterocycles. The molecule has 0 saturated heterocycles. The Morgan fingerprint density at radius 1 is 1.62 bits per heavy atom. The highest BCUT2D eigenvalue weighted by Gasteiger charge is 2.29. The number of aryl methyl sites for hydroxylation is 1. The van der Waals surface area contributed by atoms with Gasteiger partial charge in [0.05, 0.1) is 11.8 Å². The van der Waals surface area contributed by atoms with Crippen LogP contribution in [0.3, 0.4) is 0 Å². The SMILES string of the molecule is CCC(C#N)(CC)NC(=O)c1ocnc1C. The first-order chi connectivity index (χ1) is 7.58. The monoisotopic (exact) mass is 221 g/mol. The number of nitrogens with one attached hydrogen (secondary N) is 1. The van der Waals surface area contributed by atoms with E-state index < -0.39 is 5.54 Å². The number of amides is 1. The van der Waals surface area contributed by atoms with Gasteiger partial charge in [-0.3, -0.25) is 4.79 Å². The Bertz CT molecular complexity index is 413. The summed E-state index contributed by atoms with van der Waals surface area (Å²) in [7, 11) is 0. The second-order valence-corrected chi connectivity index (χ2v) is 3.62. The van der Waals surface area contributed by atoms with Gasteiger partial charge in [0.2, 0.25) is 5.76 Å². The van der Waals surface area contributed by atoms with Crippen molar-refractivity contribution in [3.63, 3.8) is 0 Å². The minimum atomic E-state index is -0.823. The van der Waals surface area contributed by atoms with E-state index in [0.29, 0.717) is 18.5 Å². The summed E-state index contributed by atoms with van der Waals surface area (Å²) >= 11 is 0. The molecule has 0 aliphatic carbocycles. The first-order valence-electron chi connectivity index (χ1n) is 5.22. The molecule has 0 aromatic carbocycles. The lowest BCUT2D eigenvalue weighted by atomic mass is 9.94. The molecule has 0 atom stereocenters. The minimum absolute atomic E-state index is 0.168. The van der Waals surface area contributed by atoms with E-state index in [0.717, 1.165) is 0 Å². The first kappa shape index (κ1) is 12.2. The highest BCUT2D eigenvalue weighted by Crippen LogP contribution is 2.15. The summed E-state index contributed by atoms with van der Waals surface area (Å²) in [5, 5.41) is 11.8. The Labute approximate surface area is 94.5 Å². The average molecular weight is 221 g/mol. The normalized spacial score (nSPS) is 10.9. The Balaban J connectivity index is 2.86. The van der Waals surface area contributed by atoms with Gasteiger partial charge in [-0.15, -0.1) is 0 Å². The summed E-state index contributed by atoms with van der Waals surface area (Å²) in [5.74, 6) is -0.221. The number of aromatic nitrogens is 1. The molecule has 0 bridgehead atoms. The number of hydrogen-bond acceptors (Lipinski definition) is 4. The first-order valence-corrected chi connectivity index (χ1v) is 5.22. The third-order valence-corrected chi connectivity index (χ3v) is 2.73. The number of carbonyl (C=O) groups is 1. The van der Waals surface area contributed by atoms with E-state index >= 15 is 0 Å². The molecule has 0 aliphatic rings. The summed E-state index contributed by atoms with van der Waals surface area (Å²) in [5.41, 5.74) is -0.299. The molecular formula is C11H15N3O2. The molecule has 1 amide bonds. The number of oxazole rings is 1. The molecule has 1 rings (SSSR count). The van der Waals surface area contributed by atoms with Crippen LogP contribution in [-0.4, -0.2) is 16.4 Å². The smallest absolute Gasteiger partial charge is 0.290 e. The maximum atomic E-state index is 11.8. The maximum Gasteiger partial charge on any atom is 0.290 e. The summed E-state index contributed by atoms with van der Waals surface area (Å²) in [4.78, 5) is 15.7. The zero-order valence-electron chi connectivity index (χ0n) is 9.70. The van der Waals surface area contributed by atoms with Crippen molar-refractivity contribution in [3.8, 4) is 6.07 Å². The zero-order chi connectivity index (χ0) is 12.2. The molecule has 1 aromatic rings. The topological polar surface area (TPSA) is 78.9 Å². The second kappa shape index (κ2) is 4.79. The van der Waals surface area contributed by atoms with Gasteiger partial charge in [-0.25, -0.2) is 4.98 Å². The van der Waals surface area contributed by atoms with Crippen molar-refractivity contribution in [1.29, 1.82) is 5.26 Å². The Morgan fingerprint density at radius 2 is 2.25 bits per heavy atom. The molecule has 5 nitrogen and oxygen atoms in total. The highest BCUT2D eigenvalue weighted by atomic mass is 16.3. The Morgan fingerprint density at radius 3 is 2.62 bits per heavy atom. The van der Waals surface area contributed by atoms with Crippen LogP contribution in [0, 0.1) is 18.3 Å². The van der Waals surface area contributed by atoms with Gasteiger partial charge in [-0.1, -0.05) is 13.8 Å². The average Bonchev–Trinajstić information content (AvgIpc) is 2.72. The number of hydrogen-bond donors (Lipinski definition) is 1. The van der Waals surface area contributed by atoms with Gasteiger partial charge in [0.25, 0.3) is 5.91 Å². The molecular weight excluding hydrogens is 206 g/mol. The van der Waals surface area contributed by atoms with Crippen LogP contribution < -0.4 is 5.32 Å². The molecule has 0 fully saturated rings. The number of nitriles is 1. The molecule has 16 heavy (non-hydrogen) atoms. The number of rotatable bonds is 4. The number of nitrogens with zero attached hydrogens (tertiary/aromatic N) is 2. The van der Waals surface area contributed by atoms with E-state index in [4.69, 9.17) is 9.68 Å². The Hall–Kier alpha value is -1.83. The second-order valence-electron chi connectivity index (χ2n) is 3.62. The van der Waals surface area contributed by atoms with Crippen LogP contribution in [0.15, 0.2) is 10.8 Å². The van der Waals surface area contributed by atoms with E-state index in [2.05, 4.69) is 16.4 Å². The lowest BCUT2D eigenvalue weighted by Gasteiger charge is -2.24. The van der Waals surface area contributed by atoms with Crippen molar-refractivity contribution >= 4 is 5.91 Å². The summed E-state index contributed by atoms with van der Waals surface area (Å²) in [6.45, 7) is 5.41. The van der Waals surface area contributed by atoms with Crippen LogP contribution in [-0.2, 0) is 0 Å². The van der Waals surface area contributed by atoms with Crippen molar-refractivity contribution in [3.05, 3.63) is 17.8 Å². The van der Waals surface area contributed by atoms with E-state index in [1.54, 1.807) is 6.92 Å². The molecule has 1 heterocycles. The lowest BCUT2D eigenvalue weighted by Crippen LogP contribution is -2.46. The van der Waals surface area contributed by atoms with Crippen LogP contribution >= 0.6 is 0 Å². The lowest BCUT2D eigenvalue weighted by molar-refractivity contribution is 0.0886. The molecule has 1 N–H and O–H groups in total. The van der Waals surface area contributed by atoms with Crippen LogP contribution in [0.25, 0.3) is 0 Å². The quantitative estimate of drug-likeness (QED) is 0.840. The third-order valence-electron chi connectivity index (χ3n) is 2.73. The van der Waals surface area contributed by atoms with Crippen LogP contribution in [0.1, 0.15) is 42.9 Å². The summed E-state index contributed by atoms with van der Waals surface area (Å²) < 4.78 is 4.97. The van der Waals surface area contributed by atoms with E-state index in [-0.39, 0.29) is 11.7 Å². The molecule has 0 unspecified atom stereocenters. The maximum absolute atomic E-state index is 11.8. The van der Waals surface area contributed by atoms with Crippen molar-refractivity contribution in [2.24, 2.45) is 0 Å². The molecule has 0 radical (unpaired) electrons. The van der Waals surface area contributed by atoms with Gasteiger partial charge in [0.15, 0.2) is 6.39 Å². The predicted octanol–water partition coefficient (Wildman–Crippen LogP) is 1.80. The fourth-order valence-electron chi connectivity index (χ4n) is 1.41. The van der Waals surface area contributed by atoms with E-state index in [1.807, 2.05) is 13.8 Å². The van der Waals surface area contributed by atoms with Crippen molar-refractivity contribution < 1.29 is 9.21 Å². The van der Waals surface area contributed by atoms with Crippen LogP contribution in [0.2, 0.25) is 0 Å². The standard InChI is InChI=1S/C11H15N3O2/c1-4-11(5-2,6-12)14-10(15)9-8(3)13-7-16-9/h7H,4-5H2,1-3H3,(H,14,15). The van der Waals surface area contributed by atoms with Gasteiger partial charge >= 0.3 is 0 Å². The number of carbonyl (C=O) groups excluding carboxylic acids is 1. The third kappa shape index (κ3) is 2.22. The highest BCUT2D eigenvalue weighted by molar-refractivity contribution is 5.93. The van der Waals surface area contributed by atoms with Crippen molar-refractivity contribution in [1.82, 2.24) is 10.3 Å². The van der Waals surface area contributed by atoms with Crippen LogP contribution in [0.4, 0.5) is 0 Å². The van der Waals surface area contributed by atoms with Gasteiger partial charge in [-0.05, 0) is 19.8 Å². The summed E-state index contributed by atoms with van der Waals surface area (Å²) in [6, 6.07) is 2.13. The fourth-order valence-corrected chi connectivity index (χ4v) is 1.41. The van der Waals surface area contributed by atoms with Crippen molar-refractivity contribution in [2.75, 3.05) is 0 Å². The van der Waals surface area contributed by atoms with Crippen molar-refractivity contribution in [2.45, 2.75) is 39.2 Å². The van der Waals surface area contributed by atoms with Gasteiger partial charge in [0.1, 0.15) is 5.54 Å². The fraction of sp³-hybridized carbons (Fsp3) is 0.545. The van der Waals surface area contributed by atoms with E-state index in [1.165, 1.54) is 6.39 Å². The molecule has 86 valence electrons. The molecule has 0 spiro atoms. The minimum Gasteiger partial charge on any atom is -0.438 e. The van der Waals surface area contributed by atoms with Gasteiger partial charge < -0.3 is 9.73 Å². The van der Waals surface area contributed by atoms with Gasteiger partial charge in [-0.2, -0.15) is 5.26 Å². The van der Waals surface area contributed by atoms with E-state index in [9.17, 15) is 4.79 Å². The molecule has 0 saturated carbocycles. The summed E-state index contributed by atoms with van der Waals surface area (Å²) in [6.07, 6.45) is 2.33. The van der Waals surface area contributed by atoms with Crippen LogP contribution in [0.5, 0.6) is 0 Å². The van der Waals surface area contributed by atoms with Gasteiger partial charge in [0, 0.05) is 0 Å². The Kier molecular flexibility index (Phi) is 3.67. The zero-order valence-corrected chi connectivity index (χ0v) is 9.70. The largest absolute Gasteiger partial charge is 0.438 e.